The van der Waals surface area contributed by atoms with E-state index in [1.807, 2.05) is 0 Å². The molecule has 13 heavy (non-hydrogen) atoms. The third kappa shape index (κ3) is 6.58. The van der Waals surface area contributed by atoms with Crippen LogP contribution in [-0.4, -0.2) is 23.3 Å². The molecule has 0 rings (SSSR count). The van der Waals surface area contributed by atoms with Gasteiger partial charge in [-0.05, 0) is 20.3 Å². The van der Waals surface area contributed by atoms with Gasteiger partial charge in [0, 0.05) is 6.42 Å². The van der Waals surface area contributed by atoms with Crippen LogP contribution in [-0.2, 0) is 9.53 Å². The molecule has 0 fully saturated rings. The Balaban J connectivity index is 3.62. The number of aliphatic hydroxyl groups excluding tert-OH is 1. The summed E-state index contributed by atoms with van der Waals surface area (Å²) in [5.41, 5.74) is -0.733. The van der Waals surface area contributed by atoms with Crippen LogP contribution in [0.2, 0.25) is 0 Å². The number of rotatable bonds is 6. The fourth-order valence-electron chi connectivity index (χ4n) is 0.911. The number of carbonyl (C=O) groups is 1. The van der Waals surface area contributed by atoms with Crippen LogP contribution < -0.4 is 0 Å². The van der Waals surface area contributed by atoms with E-state index in [4.69, 9.17) is 9.84 Å². The summed E-state index contributed by atoms with van der Waals surface area (Å²) in [6.07, 6.45) is 3.47. The highest BCUT2D eigenvalue weighted by molar-refractivity contribution is 5.69. The molecule has 0 aliphatic carbocycles. The topological polar surface area (TPSA) is 46.5 Å². The molecule has 0 saturated carbocycles. The monoisotopic (exact) mass is 188 g/mol. The van der Waals surface area contributed by atoms with Crippen LogP contribution in [0.3, 0.4) is 0 Å². The molecule has 1 N–H and O–H groups in total. The lowest BCUT2D eigenvalue weighted by molar-refractivity contribution is -0.160. The van der Waals surface area contributed by atoms with Crippen molar-refractivity contribution in [1.82, 2.24) is 0 Å². The smallest absolute Gasteiger partial charge is 0.306 e. The maximum Gasteiger partial charge on any atom is 0.306 e. The van der Waals surface area contributed by atoms with Crippen molar-refractivity contribution in [2.75, 3.05) is 6.61 Å². The van der Waals surface area contributed by atoms with E-state index >= 15 is 0 Å². The highest BCUT2D eigenvalue weighted by atomic mass is 16.6. The molecule has 0 unspecified atom stereocenters. The number of unbranched alkanes of at least 4 members (excludes halogenated alkanes) is 2. The van der Waals surface area contributed by atoms with Gasteiger partial charge >= 0.3 is 5.97 Å². The summed E-state index contributed by atoms with van der Waals surface area (Å²) >= 11 is 0. The minimum Gasteiger partial charge on any atom is -0.457 e. The van der Waals surface area contributed by atoms with Crippen molar-refractivity contribution in [3.8, 4) is 0 Å². The first-order chi connectivity index (χ1) is 6.02. The average molecular weight is 188 g/mol. The standard InChI is InChI=1S/C10H20O3/c1-4-5-6-7-9(12)13-10(2,3)8-11/h11H,4-8H2,1-3H3. The van der Waals surface area contributed by atoms with Gasteiger partial charge in [0.05, 0.1) is 6.61 Å². The van der Waals surface area contributed by atoms with E-state index in [0.29, 0.717) is 6.42 Å². The van der Waals surface area contributed by atoms with Gasteiger partial charge in [-0.15, -0.1) is 0 Å². The van der Waals surface area contributed by atoms with Crippen LogP contribution >= 0.6 is 0 Å². The van der Waals surface area contributed by atoms with Gasteiger partial charge < -0.3 is 9.84 Å². The molecule has 0 bridgehead atoms. The van der Waals surface area contributed by atoms with E-state index in [0.717, 1.165) is 19.3 Å². The van der Waals surface area contributed by atoms with E-state index in [1.54, 1.807) is 13.8 Å². The first-order valence-corrected chi connectivity index (χ1v) is 4.84. The molecule has 0 aliphatic heterocycles. The lowest BCUT2D eigenvalue weighted by atomic mass is 10.1. The Hall–Kier alpha value is -0.570. The Morgan fingerprint density at radius 3 is 2.46 bits per heavy atom. The minimum absolute atomic E-state index is 0.132. The van der Waals surface area contributed by atoms with Crippen LogP contribution in [0.25, 0.3) is 0 Å². The predicted octanol–water partition coefficient (Wildman–Crippen LogP) is 1.88. The third-order valence-corrected chi connectivity index (χ3v) is 1.76. The molecular formula is C10H20O3. The van der Waals surface area contributed by atoms with E-state index in [-0.39, 0.29) is 12.6 Å². The van der Waals surface area contributed by atoms with Crippen molar-refractivity contribution in [3.63, 3.8) is 0 Å². The van der Waals surface area contributed by atoms with Crippen molar-refractivity contribution in [2.24, 2.45) is 0 Å². The predicted molar refractivity (Wildman–Crippen MR) is 51.4 cm³/mol. The minimum atomic E-state index is -0.733. The first-order valence-electron chi connectivity index (χ1n) is 4.84. The Bertz CT molecular complexity index is 152. The highest BCUT2D eigenvalue weighted by Gasteiger charge is 2.20. The summed E-state index contributed by atoms with van der Waals surface area (Å²) in [5, 5.41) is 8.84. The van der Waals surface area contributed by atoms with Gasteiger partial charge in [0.25, 0.3) is 0 Å². The van der Waals surface area contributed by atoms with Crippen LogP contribution in [0.4, 0.5) is 0 Å². The number of ether oxygens (including phenoxy) is 1. The molecule has 0 aliphatic rings. The molecular weight excluding hydrogens is 168 g/mol. The highest BCUT2D eigenvalue weighted by Crippen LogP contribution is 2.10. The van der Waals surface area contributed by atoms with Gasteiger partial charge in [-0.2, -0.15) is 0 Å². The molecule has 0 radical (unpaired) electrons. The summed E-state index contributed by atoms with van der Waals surface area (Å²) in [5.74, 6) is -0.215. The SMILES string of the molecule is CCCCCC(=O)OC(C)(C)CO. The van der Waals surface area contributed by atoms with Crippen LogP contribution in [0, 0.1) is 0 Å². The molecule has 0 aromatic carbocycles. The average Bonchev–Trinajstić information content (AvgIpc) is 2.04. The number of hydrogen-bond acceptors (Lipinski definition) is 3. The summed E-state index contributed by atoms with van der Waals surface area (Å²) in [7, 11) is 0. The number of carbonyl (C=O) groups excluding carboxylic acids is 1. The Morgan fingerprint density at radius 1 is 1.38 bits per heavy atom. The maximum atomic E-state index is 11.2. The summed E-state index contributed by atoms with van der Waals surface area (Å²) < 4.78 is 5.04. The molecule has 0 heterocycles. The quantitative estimate of drug-likeness (QED) is 0.511. The summed E-state index contributed by atoms with van der Waals surface area (Å²) in [6.45, 7) is 5.35. The second kappa shape index (κ2) is 5.97. The molecule has 0 aromatic heterocycles. The zero-order valence-corrected chi connectivity index (χ0v) is 8.80. The van der Waals surface area contributed by atoms with Crippen molar-refractivity contribution >= 4 is 5.97 Å². The lowest BCUT2D eigenvalue weighted by Crippen LogP contribution is -2.31. The van der Waals surface area contributed by atoms with Crippen molar-refractivity contribution in [3.05, 3.63) is 0 Å². The molecule has 78 valence electrons. The number of esters is 1. The second-order valence-electron chi connectivity index (χ2n) is 3.85. The van der Waals surface area contributed by atoms with E-state index in [9.17, 15) is 4.79 Å². The fraction of sp³-hybridized carbons (Fsp3) is 0.900. The molecule has 3 heteroatoms. The number of hydrogen-bond donors (Lipinski definition) is 1. The van der Waals surface area contributed by atoms with Crippen LogP contribution in [0.15, 0.2) is 0 Å². The zero-order chi connectivity index (χ0) is 10.3. The Labute approximate surface area is 80.1 Å². The van der Waals surface area contributed by atoms with Gasteiger partial charge in [-0.1, -0.05) is 19.8 Å². The van der Waals surface area contributed by atoms with Gasteiger partial charge in [0.1, 0.15) is 5.60 Å². The van der Waals surface area contributed by atoms with Crippen molar-refractivity contribution in [2.45, 2.75) is 52.1 Å². The first kappa shape index (κ1) is 12.4. The molecule has 0 saturated heterocycles. The van der Waals surface area contributed by atoms with E-state index in [1.165, 1.54) is 0 Å². The van der Waals surface area contributed by atoms with Gasteiger partial charge in [-0.25, -0.2) is 0 Å². The molecule has 0 atom stereocenters. The largest absolute Gasteiger partial charge is 0.457 e. The number of aliphatic hydroxyl groups is 1. The van der Waals surface area contributed by atoms with Crippen LogP contribution in [0.1, 0.15) is 46.5 Å². The van der Waals surface area contributed by atoms with Crippen molar-refractivity contribution < 1.29 is 14.6 Å². The molecule has 0 spiro atoms. The molecule has 0 amide bonds. The van der Waals surface area contributed by atoms with Gasteiger partial charge in [0.2, 0.25) is 0 Å². The molecule has 3 nitrogen and oxygen atoms in total. The van der Waals surface area contributed by atoms with Crippen molar-refractivity contribution in [1.29, 1.82) is 0 Å². The molecule has 0 aromatic rings. The van der Waals surface area contributed by atoms with Crippen LogP contribution in [0.5, 0.6) is 0 Å². The van der Waals surface area contributed by atoms with Gasteiger partial charge in [-0.3, -0.25) is 4.79 Å². The normalized spacial score (nSPS) is 11.4. The maximum absolute atomic E-state index is 11.2. The van der Waals surface area contributed by atoms with Gasteiger partial charge in [0.15, 0.2) is 0 Å². The zero-order valence-electron chi connectivity index (χ0n) is 8.80. The lowest BCUT2D eigenvalue weighted by Gasteiger charge is -2.22. The summed E-state index contributed by atoms with van der Waals surface area (Å²) in [6, 6.07) is 0. The summed E-state index contributed by atoms with van der Waals surface area (Å²) in [4.78, 5) is 11.2. The fourth-order valence-corrected chi connectivity index (χ4v) is 0.911. The second-order valence-corrected chi connectivity index (χ2v) is 3.85. The third-order valence-electron chi connectivity index (χ3n) is 1.76. The Morgan fingerprint density at radius 2 is 2.00 bits per heavy atom. The van der Waals surface area contributed by atoms with E-state index in [2.05, 4.69) is 6.92 Å². The Kier molecular flexibility index (Phi) is 5.71. The van der Waals surface area contributed by atoms with E-state index < -0.39 is 5.60 Å².